The topological polar surface area (TPSA) is 85.4 Å². The first-order chi connectivity index (χ1) is 10.8. The van der Waals surface area contributed by atoms with Crippen molar-refractivity contribution in [1.82, 2.24) is 4.98 Å². The van der Waals surface area contributed by atoms with Gasteiger partial charge in [0.25, 0.3) is 0 Å². The number of rotatable bonds is 4. The van der Waals surface area contributed by atoms with E-state index in [1.54, 1.807) is 11.3 Å². The summed E-state index contributed by atoms with van der Waals surface area (Å²) in [5.74, 6) is 4.34. The summed E-state index contributed by atoms with van der Waals surface area (Å²) in [6.07, 6.45) is 2.83. The monoisotopic (exact) mass is 352 g/mol. The zero-order chi connectivity index (χ0) is 16.8. The molecule has 3 N–H and O–H groups in total. The summed E-state index contributed by atoms with van der Waals surface area (Å²) in [5, 5.41) is 10.7. The van der Waals surface area contributed by atoms with Gasteiger partial charge in [-0.1, -0.05) is 13.8 Å². The molecule has 0 atom stereocenters. The maximum absolute atomic E-state index is 12.0. The van der Waals surface area contributed by atoms with Gasteiger partial charge in [-0.15, -0.1) is 22.7 Å². The van der Waals surface area contributed by atoms with Gasteiger partial charge < -0.3 is 5.11 Å². The Morgan fingerprint density at radius 1 is 1.39 bits per heavy atom. The van der Waals surface area contributed by atoms with Gasteiger partial charge in [-0.05, 0) is 37.2 Å². The molecule has 3 rings (SSSR count). The van der Waals surface area contributed by atoms with E-state index in [0.29, 0.717) is 5.56 Å². The predicted molar refractivity (Wildman–Crippen MR) is 91.9 cm³/mol. The van der Waals surface area contributed by atoms with Gasteiger partial charge in [-0.3, -0.25) is 4.84 Å². The Hall–Kier alpha value is -1.28. The highest BCUT2D eigenvalue weighted by atomic mass is 32.1. The van der Waals surface area contributed by atoms with Gasteiger partial charge in [0.05, 0.1) is 26.0 Å². The smallest absolute Gasteiger partial charge is 0.337 e. The molecule has 23 heavy (non-hydrogen) atoms. The highest BCUT2D eigenvalue weighted by Gasteiger charge is 2.34. The largest absolute Gasteiger partial charge is 0.478 e. The molecule has 0 spiro atoms. The van der Waals surface area contributed by atoms with Gasteiger partial charge in [0.1, 0.15) is 6.61 Å². The fourth-order valence-corrected chi connectivity index (χ4v) is 5.52. The van der Waals surface area contributed by atoms with Crippen molar-refractivity contribution >= 4 is 28.6 Å². The molecule has 124 valence electrons. The number of fused-ring (bicyclic) bond motifs is 1. The molecule has 2 aromatic heterocycles. The van der Waals surface area contributed by atoms with Gasteiger partial charge in [0, 0.05) is 4.88 Å². The van der Waals surface area contributed by atoms with Crippen molar-refractivity contribution in [2.75, 3.05) is 0 Å². The number of carbonyl (C=O) groups is 1. The van der Waals surface area contributed by atoms with Crippen LogP contribution in [0.4, 0.5) is 0 Å². The number of aromatic carboxylic acids is 1. The van der Waals surface area contributed by atoms with Crippen LogP contribution in [0, 0.1) is 12.3 Å². The molecular formula is C16H20N2O3S2. The molecule has 2 heterocycles. The van der Waals surface area contributed by atoms with Gasteiger partial charge in [0.2, 0.25) is 0 Å². The number of hydrogen-bond donors (Lipinski definition) is 2. The number of aryl methyl sites for hydroxylation is 2. The molecule has 0 radical (unpaired) electrons. The minimum absolute atomic E-state index is 0.141. The van der Waals surface area contributed by atoms with Gasteiger partial charge >= 0.3 is 5.97 Å². The Morgan fingerprint density at radius 2 is 2.13 bits per heavy atom. The Balaban J connectivity index is 2.18. The fraction of sp³-hybridized carbons (Fsp3) is 0.500. The zero-order valence-electron chi connectivity index (χ0n) is 13.4. The van der Waals surface area contributed by atoms with Gasteiger partial charge in [-0.25, -0.2) is 15.7 Å². The molecule has 0 amide bonds. The predicted octanol–water partition coefficient (Wildman–Crippen LogP) is 3.78. The summed E-state index contributed by atoms with van der Waals surface area (Å²) in [7, 11) is 0. The number of thiazole rings is 1. The zero-order valence-corrected chi connectivity index (χ0v) is 15.1. The molecule has 0 aliphatic heterocycles. The standard InChI is InChI=1S/C16H20N2O3S2/c1-8-18-10(7-21-17)13(22-8)14-12(15(19)20)9-6-16(2,3)5-4-11(9)23-14/h4-7,17H2,1-3H3,(H,19,20). The van der Waals surface area contributed by atoms with Crippen LogP contribution in [0.25, 0.3) is 9.75 Å². The lowest BCUT2D eigenvalue weighted by Crippen LogP contribution is -2.22. The van der Waals surface area contributed by atoms with Crippen LogP contribution >= 0.6 is 22.7 Å². The van der Waals surface area contributed by atoms with Gasteiger partial charge in [0.15, 0.2) is 0 Å². The van der Waals surface area contributed by atoms with Crippen molar-refractivity contribution < 1.29 is 14.7 Å². The van der Waals surface area contributed by atoms with Crippen molar-refractivity contribution in [2.24, 2.45) is 11.3 Å². The highest BCUT2D eigenvalue weighted by Crippen LogP contribution is 2.47. The van der Waals surface area contributed by atoms with Crippen molar-refractivity contribution in [3.05, 3.63) is 26.7 Å². The Morgan fingerprint density at radius 3 is 2.78 bits per heavy atom. The number of nitrogens with two attached hydrogens (primary N) is 1. The Bertz CT molecular complexity index is 762. The number of thiophene rings is 1. The van der Waals surface area contributed by atoms with Crippen LogP contribution in [-0.4, -0.2) is 16.1 Å². The molecule has 2 aromatic rings. The summed E-state index contributed by atoms with van der Waals surface area (Å²) in [5.41, 5.74) is 2.30. The van der Waals surface area contributed by atoms with Crippen molar-refractivity contribution in [3.63, 3.8) is 0 Å². The minimum Gasteiger partial charge on any atom is -0.478 e. The molecule has 1 aliphatic carbocycles. The Labute approximate surface area is 143 Å². The molecule has 1 aliphatic rings. The van der Waals surface area contributed by atoms with E-state index < -0.39 is 5.97 Å². The van der Waals surface area contributed by atoms with E-state index in [2.05, 4.69) is 18.8 Å². The first kappa shape index (κ1) is 16.6. The van der Waals surface area contributed by atoms with E-state index in [0.717, 1.165) is 45.3 Å². The quantitative estimate of drug-likeness (QED) is 0.818. The van der Waals surface area contributed by atoms with Crippen LogP contribution in [0.15, 0.2) is 0 Å². The Kier molecular flexibility index (Phi) is 4.31. The minimum atomic E-state index is -0.860. The maximum atomic E-state index is 12.0. The normalized spacial score (nSPS) is 16.3. The molecule has 0 saturated heterocycles. The second-order valence-electron chi connectivity index (χ2n) is 6.67. The number of aromatic nitrogens is 1. The lowest BCUT2D eigenvalue weighted by Gasteiger charge is -2.29. The van der Waals surface area contributed by atoms with Crippen LogP contribution in [0.3, 0.4) is 0 Å². The van der Waals surface area contributed by atoms with E-state index in [9.17, 15) is 9.90 Å². The average Bonchev–Trinajstić information content (AvgIpc) is 2.98. The number of carboxylic acid groups (broad SMARTS) is 1. The summed E-state index contributed by atoms with van der Waals surface area (Å²) in [6.45, 7) is 6.49. The lowest BCUT2D eigenvalue weighted by molar-refractivity contribution is 0.0696. The number of hydrogen-bond acceptors (Lipinski definition) is 6. The first-order valence-corrected chi connectivity index (χ1v) is 9.12. The van der Waals surface area contributed by atoms with Crippen LogP contribution < -0.4 is 5.90 Å². The third-order valence-corrected chi connectivity index (χ3v) is 6.69. The lowest BCUT2D eigenvalue weighted by atomic mass is 9.76. The molecule has 0 fully saturated rings. The van der Waals surface area contributed by atoms with E-state index in [1.807, 2.05) is 6.92 Å². The first-order valence-electron chi connectivity index (χ1n) is 7.48. The van der Waals surface area contributed by atoms with Crippen LogP contribution in [0.1, 0.15) is 51.8 Å². The highest BCUT2D eigenvalue weighted by molar-refractivity contribution is 7.22. The van der Waals surface area contributed by atoms with Crippen molar-refractivity contribution in [2.45, 2.75) is 46.6 Å². The number of carboxylic acids is 1. The second kappa shape index (κ2) is 5.98. The summed E-state index contributed by atoms with van der Waals surface area (Å²) in [4.78, 5) is 24.0. The summed E-state index contributed by atoms with van der Waals surface area (Å²) < 4.78 is 0. The van der Waals surface area contributed by atoms with E-state index >= 15 is 0 Å². The van der Waals surface area contributed by atoms with Crippen LogP contribution in [0.5, 0.6) is 0 Å². The molecule has 0 aromatic carbocycles. The van der Waals surface area contributed by atoms with Crippen molar-refractivity contribution in [1.29, 1.82) is 0 Å². The van der Waals surface area contributed by atoms with Crippen LogP contribution in [0.2, 0.25) is 0 Å². The van der Waals surface area contributed by atoms with Crippen LogP contribution in [-0.2, 0) is 24.3 Å². The third kappa shape index (κ3) is 3.06. The summed E-state index contributed by atoms with van der Waals surface area (Å²) >= 11 is 3.09. The molecule has 5 nitrogen and oxygen atoms in total. The number of nitrogens with zero attached hydrogens (tertiary/aromatic N) is 1. The fourth-order valence-electron chi connectivity index (χ4n) is 3.13. The molecule has 0 unspecified atom stereocenters. The van der Waals surface area contributed by atoms with Crippen molar-refractivity contribution in [3.8, 4) is 9.75 Å². The van der Waals surface area contributed by atoms with Gasteiger partial charge in [-0.2, -0.15) is 0 Å². The van der Waals surface area contributed by atoms with E-state index in [4.69, 9.17) is 10.7 Å². The second-order valence-corrected chi connectivity index (χ2v) is 8.98. The maximum Gasteiger partial charge on any atom is 0.337 e. The molecule has 0 saturated carbocycles. The molecule has 7 heteroatoms. The summed E-state index contributed by atoms with van der Waals surface area (Å²) in [6, 6.07) is 0. The third-order valence-electron chi connectivity index (χ3n) is 4.22. The average molecular weight is 352 g/mol. The van der Waals surface area contributed by atoms with E-state index in [-0.39, 0.29) is 12.0 Å². The van der Waals surface area contributed by atoms with E-state index in [1.165, 1.54) is 16.2 Å². The SMILES string of the molecule is Cc1nc(CON)c(-c2sc3c(c2C(=O)O)CC(C)(C)CC3)s1. The molecule has 0 bridgehead atoms. The molecular weight excluding hydrogens is 332 g/mol.